The van der Waals surface area contributed by atoms with Crippen molar-refractivity contribution in [1.82, 2.24) is 0 Å². The highest BCUT2D eigenvalue weighted by Gasteiger charge is 2.52. The van der Waals surface area contributed by atoms with E-state index >= 15 is 0 Å². The molecule has 5 atom stereocenters. The molecule has 0 bridgehead atoms. The van der Waals surface area contributed by atoms with Gasteiger partial charge in [-0.2, -0.15) is 0 Å². The SMILES string of the molecule is COc1c(O)cc2c(c1O)[C@H]1O[C@@H](CO)[C@@H](O)[C@H](O)[C@H]1OC2=O. The number of phenols is 2. The number of benzene rings is 1. The number of aliphatic hydroxyl groups is 3. The Labute approximate surface area is 130 Å². The van der Waals surface area contributed by atoms with Gasteiger partial charge in [0.15, 0.2) is 17.6 Å². The van der Waals surface area contributed by atoms with Crippen molar-refractivity contribution >= 4 is 5.97 Å². The zero-order valence-electron chi connectivity index (χ0n) is 12.0. The van der Waals surface area contributed by atoms with Gasteiger partial charge in [0.2, 0.25) is 5.75 Å². The summed E-state index contributed by atoms with van der Waals surface area (Å²) in [7, 11) is 1.22. The van der Waals surface area contributed by atoms with E-state index in [4.69, 9.17) is 14.2 Å². The fourth-order valence-corrected chi connectivity index (χ4v) is 2.95. The number of carbonyl (C=O) groups is 1. The molecule has 126 valence electrons. The highest BCUT2D eigenvalue weighted by Crippen LogP contribution is 2.49. The van der Waals surface area contributed by atoms with E-state index in [1.54, 1.807) is 0 Å². The third kappa shape index (κ3) is 2.20. The Kier molecular flexibility index (Phi) is 3.80. The molecule has 3 rings (SSSR count). The maximum absolute atomic E-state index is 12.1. The molecule has 0 spiro atoms. The van der Waals surface area contributed by atoms with E-state index in [0.29, 0.717) is 0 Å². The van der Waals surface area contributed by atoms with Gasteiger partial charge in [-0.1, -0.05) is 0 Å². The second-order valence-electron chi connectivity index (χ2n) is 5.37. The topological polar surface area (TPSA) is 146 Å². The Morgan fingerprint density at radius 2 is 1.96 bits per heavy atom. The number of aliphatic hydroxyl groups excluding tert-OH is 3. The molecule has 9 heteroatoms. The van der Waals surface area contributed by atoms with E-state index in [-0.39, 0.29) is 16.9 Å². The molecule has 23 heavy (non-hydrogen) atoms. The van der Waals surface area contributed by atoms with Crippen LogP contribution >= 0.6 is 0 Å². The Bertz CT molecular complexity index is 644. The third-order valence-corrected chi connectivity index (χ3v) is 4.09. The van der Waals surface area contributed by atoms with Gasteiger partial charge < -0.3 is 39.7 Å². The molecule has 2 aliphatic heterocycles. The van der Waals surface area contributed by atoms with Gasteiger partial charge in [-0.05, 0) is 6.07 Å². The molecular weight excluding hydrogens is 312 g/mol. The predicted octanol–water partition coefficient (Wildman–Crippen LogP) is -1.20. The summed E-state index contributed by atoms with van der Waals surface area (Å²) in [5.74, 6) is -2.16. The zero-order chi connectivity index (χ0) is 16.9. The van der Waals surface area contributed by atoms with Crippen LogP contribution in [0.5, 0.6) is 17.2 Å². The summed E-state index contributed by atoms with van der Waals surface area (Å²) >= 11 is 0. The van der Waals surface area contributed by atoms with E-state index in [0.717, 1.165) is 6.07 Å². The van der Waals surface area contributed by atoms with Crippen LogP contribution in [0.4, 0.5) is 0 Å². The van der Waals surface area contributed by atoms with Gasteiger partial charge >= 0.3 is 5.97 Å². The molecule has 2 aliphatic rings. The van der Waals surface area contributed by atoms with Crippen molar-refractivity contribution in [2.24, 2.45) is 0 Å². The van der Waals surface area contributed by atoms with Crippen LogP contribution in [0.3, 0.4) is 0 Å². The lowest BCUT2D eigenvalue weighted by atomic mass is 9.86. The number of aromatic hydroxyl groups is 2. The van der Waals surface area contributed by atoms with E-state index in [2.05, 4.69) is 0 Å². The predicted molar refractivity (Wildman–Crippen MR) is 72.2 cm³/mol. The molecule has 1 aromatic rings. The highest BCUT2D eigenvalue weighted by molar-refractivity contribution is 5.95. The minimum absolute atomic E-state index is 0.0368. The van der Waals surface area contributed by atoms with Crippen molar-refractivity contribution in [1.29, 1.82) is 0 Å². The first kappa shape index (κ1) is 15.8. The van der Waals surface area contributed by atoms with Crippen LogP contribution in [0.15, 0.2) is 6.07 Å². The smallest absolute Gasteiger partial charge is 0.339 e. The number of fused-ring (bicyclic) bond motifs is 3. The van der Waals surface area contributed by atoms with Crippen molar-refractivity contribution in [3.63, 3.8) is 0 Å². The first-order valence-electron chi connectivity index (χ1n) is 6.87. The number of carbonyl (C=O) groups excluding carboxylic acids is 1. The minimum Gasteiger partial charge on any atom is -0.504 e. The van der Waals surface area contributed by atoms with Crippen molar-refractivity contribution < 1.29 is 44.5 Å². The Balaban J connectivity index is 2.16. The summed E-state index contributed by atoms with van der Waals surface area (Å²) in [4.78, 5) is 12.1. The van der Waals surface area contributed by atoms with Crippen LogP contribution in [0.1, 0.15) is 22.0 Å². The summed E-state index contributed by atoms with van der Waals surface area (Å²) in [5, 5.41) is 49.3. The van der Waals surface area contributed by atoms with Gasteiger partial charge in [-0.25, -0.2) is 4.79 Å². The van der Waals surface area contributed by atoms with Gasteiger partial charge in [-0.3, -0.25) is 0 Å². The number of hydrogen-bond acceptors (Lipinski definition) is 9. The average Bonchev–Trinajstić information content (AvgIpc) is 2.52. The number of phenolic OH excluding ortho intramolecular Hbond substituents is 2. The van der Waals surface area contributed by atoms with Crippen molar-refractivity contribution in [3.8, 4) is 17.2 Å². The van der Waals surface area contributed by atoms with Crippen LogP contribution in [-0.2, 0) is 9.47 Å². The molecule has 0 unspecified atom stereocenters. The Morgan fingerprint density at radius 3 is 2.57 bits per heavy atom. The summed E-state index contributed by atoms with van der Waals surface area (Å²) in [6.07, 6.45) is -6.50. The van der Waals surface area contributed by atoms with E-state index < -0.39 is 54.6 Å². The Hall–Kier alpha value is -2.07. The average molecular weight is 328 g/mol. The van der Waals surface area contributed by atoms with E-state index in [9.17, 15) is 30.3 Å². The van der Waals surface area contributed by atoms with Crippen LogP contribution in [0.2, 0.25) is 0 Å². The molecule has 2 heterocycles. The number of esters is 1. The molecule has 1 aromatic carbocycles. The third-order valence-electron chi connectivity index (χ3n) is 4.09. The normalized spacial score (nSPS) is 32.7. The van der Waals surface area contributed by atoms with Crippen LogP contribution in [-0.4, -0.2) is 69.6 Å². The number of methoxy groups -OCH3 is 1. The fraction of sp³-hybridized carbons (Fsp3) is 0.500. The van der Waals surface area contributed by atoms with Crippen molar-refractivity contribution in [2.75, 3.05) is 13.7 Å². The van der Waals surface area contributed by atoms with Crippen LogP contribution in [0, 0.1) is 0 Å². The number of ether oxygens (including phenoxy) is 3. The molecular formula is C14H16O9. The van der Waals surface area contributed by atoms with E-state index in [1.807, 2.05) is 0 Å². The summed E-state index contributed by atoms with van der Waals surface area (Å²) in [5.41, 5.74) is -0.187. The lowest BCUT2D eigenvalue weighted by molar-refractivity contribution is -0.235. The maximum atomic E-state index is 12.1. The molecule has 0 aromatic heterocycles. The number of hydrogen-bond donors (Lipinski definition) is 5. The maximum Gasteiger partial charge on any atom is 0.339 e. The molecule has 1 fully saturated rings. The first-order valence-corrected chi connectivity index (χ1v) is 6.87. The second kappa shape index (κ2) is 5.53. The van der Waals surface area contributed by atoms with Crippen LogP contribution < -0.4 is 4.74 Å². The van der Waals surface area contributed by atoms with Gasteiger partial charge in [0.1, 0.15) is 24.4 Å². The molecule has 0 radical (unpaired) electrons. The molecule has 0 saturated carbocycles. The summed E-state index contributed by atoms with van der Waals surface area (Å²) in [6, 6.07) is 1.06. The standard InChI is InChI=1S/C14H16O9/c1-21-11-5(16)2-4-7(9(11)18)12-13(23-14(4)20)10(19)8(17)6(3-15)22-12/h2,6,8,10,12-13,15-19H,3H2,1H3/t6-,8+,10-,12+,13+/m0/s1. The van der Waals surface area contributed by atoms with Gasteiger partial charge in [0.25, 0.3) is 0 Å². The molecule has 9 nitrogen and oxygen atoms in total. The Morgan fingerprint density at radius 1 is 1.26 bits per heavy atom. The number of rotatable bonds is 2. The minimum atomic E-state index is -1.51. The largest absolute Gasteiger partial charge is 0.504 e. The molecule has 1 saturated heterocycles. The lowest BCUT2D eigenvalue weighted by Gasteiger charge is -2.44. The summed E-state index contributed by atoms with van der Waals surface area (Å²) in [6.45, 7) is -0.583. The fourth-order valence-electron chi connectivity index (χ4n) is 2.95. The quantitative estimate of drug-likeness (QED) is 0.422. The summed E-state index contributed by atoms with van der Waals surface area (Å²) < 4.78 is 15.4. The first-order chi connectivity index (χ1) is 10.9. The van der Waals surface area contributed by atoms with Crippen LogP contribution in [0.25, 0.3) is 0 Å². The highest BCUT2D eigenvalue weighted by atomic mass is 16.6. The molecule has 5 N–H and O–H groups in total. The second-order valence-corrected chi connectivity index (χ2v) is 5.37. The van der Waals surface area contributed by atoms with Gasteiger partial charge in [0, 0.05) is 5.56 Å². The lowest BCUT2D eigenvalue weighted by Crippen LogP contribution is -2.58. The van der Waals surface area contributed by atoms with E-state index in [1.165, 1.54) is 7.11 Å². The zero-order valence-corrected chi connectivity index (χ0v) is 12.0. The molecule has 0 aliphatic carbocycles. The van der Waals surface area contributed by atoms with Crippen molar-refractivity contribution in [2.45, 2.75) is 30.5 Å². The van der Waals surface area contributed by atoms with Gasteiger partial charge in [-0.15, -0.1) is 0 Å². The van der Waals surface area contributed by atoms with Gasteiger partial charge in [0.05, 0.1) is 19.3 Å². The van der Waals surface area contributed by atoms with Crippen molar-refractivity contribution in [3.05, 3.63) is 17.2 Å². The molecule has 0 amide bonds. The monoisotopic (exact) mass is 328 g/mol.